The molecule has 3 radical (unpaired) electrons. The summed E-state index contributed by atoms with van der Waals surface area (Å²) in [5.41, 5.74) is 0. The van der Waals surface area contributed by atoms with Crippen LogP contribution in [0.2, 0.25) is 0 Å². The Morgan fingerprint density at radius 2 is 1.00 bits per heavy atom. The first kappa shape index (κ1) is 8.87. The maximum Gasteiger partial charge on any atom is 0.631 e. The Hall–Kier alpha value is -0.0551. The van der Waals surface area contributed by atoms with Crippen LogP contribution in [-0.2, 0) is 0 Å². The van der Waals surface area contributed by atoms with Gasteiger partial charge in [0.25, 0.3) is 0 Å². The van der Waals surface area contributed by atoms with Crippen molar-refractivity contribution in [3.8, 4) is 0 Å². The summed E-state index contributed by atoms with van der Waals surface area (Å²) in [5, 5.41) is 21.5. The zero-order valence-corrected chi connectivity index (χ0v) is 2.50. The molecule has 0 aliphatic rings. The predicted molar refractivity (Wildman–Crippen MR) is 16.7 cm³/mol. The van der Waals surface area contributed by atoms with E-state index < -0.39 is 7.32 Å². The van der Waals surface area contributed by atoms with E-state index in [4.69, 9.17) is 15.1 Å². The van der Waals surface area contributed by atoms with Gasteiger partial charge >= 0.3 is 7.32 Å². The van der Waals surface area contributed by atoms with E-state index in [9.17, 15) is 0 Å². The van der Waals surface area contributed by atoms with Crippen LogP contribution in [0.3, 0.4) is 0 Å². The lowest BCUT2D eigenvalue weighted by molar-refractivity contribution is 0.278. The van der Waals surface area contributed by atoms with Gasteiger partial charge in [0.05, 0.1) is 0 Å². The van der Waals surface area contributed by atoms with Gasteiger partial charge in [-0.15, -0.1) is 0 Å². The van der Waals surface area contributed by atoms with Crippen LogP contribution < -0.4 is 0 Å². The second kappa shape index (κ2) is 3.94. The monoisotopic (exact) mass is 75.0 g/mol. The van der Waals surface area contributed by atoms with Gasteiger partial charge in [0.2, 0.25) is 0 Å². The molecule has 0 atom stereocenters. The maximum atomic E-state index is 7.17. The number of hydrogen-bond acceptors (Lipinski definition) is 3. The van der Waals surface area contributed by atoms with E-state index in [0.717, 1.165) is 0 Å². The molecule has 0 aliphatic heterocycles. The summed E-state index contributed by atoms with van der Waals surface area (Å²) in [6.45, 7) is 0. The molecule has 0 aromatic heterocycles. The third-order valence-corrected chi connectivity index (χ3v) is 0. The van der Waals surface area contributed by atoms with Crippen molar-refractivity contribution in [3.05, 3.63) is 7.43 Å². The lowest BCUT2D eigenvalue weighted by atomic mass is 10.3. The van der Waals surface area contributed by atoms with Crippen molar-refractivity contribution in [3.63, 3.8) is 0 Å². The minimum absolute atomic E-state index is 0. The van der Waals surface area contributed by atoms with Crippen molar-refractivity contribution in [2.24, 2.45) is 0 Å². The Morgan fingerprint density at radius 3 is 1.00 bits per heavy atom. The quantitative estimate of drug-likeness (QED) is 0.296. The Morgan fingerprint density at radius 1 is 1.00 bits per heavy atom. The van der Waals surface area contributed by atoms with Crippen molar-refractivity contribution in [1.82, 2.24) is 0 Å². The zero-order chi connectivity index (χ0) is 3.58. The molecule has 0 aromatic rings. The summed E-state index contributed by atoms with van der Waals surface area (Å²) in [6.07, 6.45) is 0. The fraction of sp³-hybridized carbons (Fsp3) is 0. The largest absolute Gasteiger partial charge is 0.631 e. The average Bonchev–Trinajstić information content (AvgIpc) is 0.811. The highest BCUT2D eigenvalue weighted by atomic mass is 16.5. The SMILES string of the molecule is OB(O)O.[CH]. The highest BCUT2D eigenvalue weighted by Crippen LogP contribution is 1.40. The second-order valence-electron chi connectivity index (χ2n) is 0.346. The highest BCUT2D eigenvalue weighted by Gasteiger charge is 1.92. The van der Waals surface area contributed by atoms with Gasteiger partial charge in [0, 0.05) is 0 Å². The van der Waals surface area contributed by atoms with E-state index in [1.165, 1.54) is 0 Å². The Kier molecular flexibility index (Phi) is 7.00. The van der Waals surface area contributed by atoms with E-state index >= 15 is 0 Å². The smallest absolute Gasteiger partial charge is 0.402 e. The van der Waals surface area contributed by atoms with Gasteiger partial charge < -0.3 is 15.1 Å². The van der Waals surface area contributed by atoms with Gasteiger partial charge in [-0.1, -0.05) is 0 Å². The molecule has 0 saturated carbocycles. The normalized spacial score (nSPS) is 5.40. The molecule has 29 valence electrons. The number of rotatable bonds is 0. The van der Waals surface area contributed by atoms with Crippen molar-refractivity contribution in [2.75, 3.05) is 0 Å². The van der Waals surface area contributed by atoms with Crippen molar-refractivity contribution in [2.45, 2.75) is 0 Å². The van der Waals surface area contributed by atoms with Crippen LogP contribution in [-0.4, -0.2) is 22.4 Å². The minimum Gasteiger partial charge on any atom is -0.402 e. The first-order valence-corrected chi connectivity index (χ1v) is 0.775. The van der Waals surface area contributed by atoms with Crippen molar-refractivity contribution in [1.29, 1.82) is 0 Å². The molecule has 4 heteroatoms. The molecule has 0 fully saturated rings. The molecule has 0 amide bonds. The number of hydrogen-bond donors (Lipinski definition) is 3. The van der Waals surface area contributed by atoms with Crippen LogP contribution in [0.25, 0.3) is 0 Å². The van der Waals surface area contributed by atoms with E-state index in [-0.39, 0.29) is 7.43 Å². The Bertz CT molecular complexity index is 11.6. The molecule has 0 heterocycles. The van der Waals surface area contributed by atoms with Crippen LogP contribution in [0, 0.1) is 7.43 Å². The van der Waals surface area contributed by atoms with Gasteiger partial charge in [-0.3, -0.25) is 0 Å². The molecular formula is CH4BO3. The summed E-state index contributed by atoms with van der Waals surface area (Å²) in [5.74, 6) is 0. The van der Waals surface area contributed by atoms with Crippen LogP contribution in [0.1, 0.15) is 0 Å². The topological polar surface area (TPSA) is 60.7 Å². The van der Waals surface area contributed by atoms with Gasteiger partial charge in [0.1, 0.15) is 0 Å². The molecule has 5 heavy (non-hydrogen) atoms. The summed E-state index contributed by atoms with van der Waals surface area (Å²) in [7, 11) is -2.17. The molecule has 0 aromatic carbocycles. The molecule has 0 rings (SSSR count). The summed E-state index contributed by atoms with van der Waals surface area (Å²) in [6, 6.07) is 0. The van der Waals surface area contributed by atoms with Crippen molar-refractivity contribution < 1.29 is 15.1 Å². The molecule has 0 bridgehead atoms. The van der Waals surface area contributed by atoms with E-state index in [0.29, 0.717) is 0 Å². The van der Waals surface area contributed by atoms with Gasteiger partial charge in [-0.05, 0) is 7.43 Å². The second-order valence-corrected chi connectivity index (χ2v) is 0.346. The third-order valence-electron chi connectivity index (χ3n) is 0. The summed E-state index contributed by atoms with van der Waals surface area (Å²) < 4.78 is 0. The average molecular weight is 74.9 g/mol. The molecule has 0 aliphatic carbocycles. The summed E-state index contributed by atoms with van der Waals surface area (Å²) >= 11 is 0. The molecule has 0 spiro atoms. The fourth-order valence-corrected chi connectivity index (χ4v) is 0. The van der Waals surface area contributed by atoms with E-state index in [1.54, 1.807) is 0 Å². The molecule has 0 unspecified atom stereocenters. The fourth-order valence-electron chi connectivity index (χ4n) is 0. The highest BCUT2D eigenvalue weighted by molar-refractivity contribution is 6.30. The molecule has 3 nitrogen and oxygen atoms in total. The third kappa shape index (κ3) is 4920. The first-order chi connectivity index (χ1) is 1.73. The van der Waals surface area contributed by atoms with Gasteiger partial charge in [-0.2, -0.15) is 0 Å². The molecular weight excluding hydrogens is 70.8 g/mol. The van der Waals surface area contributed by atoms with Gasteiger partial charge in [0.15, 0.2) is 0 Å². The van der Waals surface area contributed by atoms with Crippen LogP contribution in [0.15, 0.2) is 0 Å². The molecule has 0 saturated heterocycles. The van der Waals surface area contributed by atoms with Crippen LogP contribution in [0.4, 0.5) is 0 Å². The first-order valence-electron chi connectivity index (χ1n) is 0.775. The summed E-state index contributed by atoms with van der Waals surface area (Å²) in [4.78, 5) is 0. The maximum absolute atomic E-state index is 7.17. The Balaban J connectivity index is 0. The van der Waals surface area contributed by atoms with Gasteiger partial charge in [-0.25, -0.2) is 0 Å². The minimum atomic E-state index is -2.17. The van der Waals surface area contributed by atoms with E-state index in [1.807, 2.05) is 0 Å². The Labute approximate surface area is 31.1 Å². The predicted octanol–water partition coefficient (Wildman–Crippen LogP) is -1.85. The lowest BCUT2D eigenvalue weighted by Crippen LogP contribution is -2.07. The van der Waals surface area contributed by atoms with E-state index in [2.05, 4.69) is 0 Å². The van der Waals surface area contributed by atoms with Crippen LogP contribution >= 0.6 is 0 Å². The molecule has 3 N–H and O–H groups in total. The lowest BCUT2D eigenvalue weighted by Gasteiger charge is -1.69. The van der Waals surface area contributed by atoms with Crippen LogP contribution in [0.5, 0.6) is 0 Å². The zero-order valence-electron chi connectivity index (χ0n) is 2.50. The van der Waals surface area contributed by atoms with Crippen molar-refractivity contribution >= 4 is 7.32 Å². The standard InChI is InChI=1S/CH.BH3O3/c;2-1(3)4/h1H;2-4H.